The molecular weight excluding hydrogens is 420 g/mol. The van der Waals surface area contributed by atoms with Gasteiger partial charge in [0, 0.05) is 0 Å². The van der Waals surface area contributed by atoms with Gasteiger partial charge in [-0.1, -0.05) is 91.0 Å². The number of ether oxygens (including phenoxy) is 4. The molecule has 3 aromatic rings. The number of hydrogen-bond acceptors (Lipinski definition) is 6. The number of benzene rings is 3. The zero-order valence-electron chi connectivity index (χ0n) is 18.4. The monoisotopic (exact) mass is 450 g/mol. The molecule has 6 heteroatoms. The molecule has 6 nitrogen and oxygen atoms in total. The van der Waals surface area contributed by atoms with E-state index >= 15 is 0 Å². The lowest BCUT2D eigenvalue weighted by atomic mass is 9.98. The van der Waals surface area contributed by atoms with Gasteiger partial charge in [-0.2, -0.15) is 0 Å². The molecule has 1 saturated heterocycles. The van der Waals surface area contributed by atoms with Crippen molar-refractivity contribution in [2.75, 3.05) is 6.61 Å². The zero-order valence-corrected chi connectivity index (χ0v) is 18.4. The molecule has 5 atom stereocenters. The van der Waals surface area contributed by atoms with E-state index < -0.39 is 30.7 Å². The van der Waals surface area contributed by atoms with Crippen molar-refractivity contribution >= 4 is 0 Å². The second-order valence-electron chi connectivity index (χ2n) is 8.08. The Morgan fingerprint density at radius 2 is 1.06 bits per heavy atom. The summed E-state index contributed by atoms with van der Waals surface area (Å²) in [5.41, 5.74) is 2.93. The lowest BCUT2D eigenvalue weighted by Crippen LogP contribution is -2.60. The van der Waals surface area contributed by atoms with E-state index in [0.29, 0.717) is 6.61 Å². The van der Waals surface area contributed by atoms with Crippen LogP contribution in [0.25, 0.3) is 0 Å². The van der Waals surface area contributed by atoms with Crippen LogP contribution in [0.2, 0.25) is 0 Å². The lowest BCUT2D eigenvalue weighted by Gasteiger charge is -2.42. The van der Waals surface area contributed by atoms with Gasteiger partial charge in [-0.15, -0.1) is 0 Å². The summed E-state index contributed by atoms with van der Waals surface area (Å²) in [7, 11) is 0. The quantitative estimate of drug-likeness (QED) is 0.493. The van der Waals surface area contributed by atoms with Crippen molar-refractivity contribution in [3.8, 4) is 0 Å². The number of rotatable bonds is 10. The summed E-state index contributed by atoms with van der Waals surface area (Å²) >= 11 is 0. The molecule has 1 heterocycles. The van der Waals surface area contributed by atoms with E-state index in [2.05, 4.69) is 0 Å². The van der Waals surface area contributed by atoms with E-state index in [4.69, 9.17) is 18.9 Å². The van der Waals surface area contributed by atoms with Crippen molar-refractivity contribution < 1.29 is 29.2 Å². The van der Waals surface area contributed by atoms with Gasteiger partial charge in [-0.25, -0.2) is 0 Å². The Labute approximate surface area is 194 Å². The Morgan fingerprint density at radius 3 is 1.58 bits per heavy atom. The van der Waals surface area contributed by atoms with E-state index in [-0.39, 0.29) is 19.8 Å². The minimum Gasteiger partial charge on any atom is -0.387 e. The first-order chi connectivity index (χ1) is 16.2. The van der Waals surface area contributed by atoms with E-state index in [1.54, 1.807) is 0 Å². The van der Waals surface area contributed by atoms with Gasteiger partial charge >= 0.3 is 0 Å². The molecule has 0 aromatic heterocycles. The Kier molecular flexibility index (Phi) is 8.60. The Bertz CT molecular complexity index is 937. The Morgan fingerprint density at radius 1 is 0.606 bits per heavy atom. The summed E-state index contributed by atoms with van der Waals surface area (Å²) in [5, 5.41) is 21.8. The van der Waals surface area contributed by atoms with E-state index in [9.17, 15) is 10.2 Å². The largest absolute Gasteiger partial charge is 0.387 e. The Balaban J connectivity index is 1.41. The molecule has 2 N–H and O–H groups in total. The topological polar surface area (TPSA) is 77.4 Å². The minimum atomic E-state index is -1.26. The fourth-order valence-electron chi connectivity index (χ4n) is 3.81. The maximum Gasteiger partial charge on any atom is 0.184 e. The molecule has 3 aromatic carbocycles. The smallest absolute Gasteiger partial charge is 0.184 e. The van der Waals surface area contributed by atoms with Crippen molar-refractivity contribution in [2.24, 2.45) is 0 Å². The van der Waals surface area contributed by atoms with Gasteiger partial charge in [0.2, 0.25) is 0 Å². The summed E-state index contributed by atoms with van der Waals surface area (Å²) in [6, 6.07) is 29.1. The molecule has 0 aliphatic carbocycles. The zero-order chi connectivity index (χ0) is 22.9. The minimum absolute atomic E-state index is 0.115. The highest BCUT2D eigenvalue weighted by molar-refractivity contribution is 5.15. The second-order valence-corrected chi connectivity index (χ2v) is 8.08. The maximum atomic E-state index is 11.1. The van der Waals surface area contributed by atoms with Crippen LogP contribution in [0, 0.1) is 0 Å². The lowest BCUT2D eigenvalue weighted by molar-refractivity contribution is -0.309. The molecule has 1 aliphatic rings. The van der Waals surface area contributed by atoms with Crippen LogP contribution in [0.15, 0.2) is 91.0 Å². The summed E-state index contributed by atoms with van der Waals surface area (Å²) in [6.07, 6.45) is -4.68. The molecule has 4 rings (SSSR count). The van der Waals surface area contributed by atoms with Crippen LogP contribution < -0.4 is 0 Å². The summed E-state index contributed by atoms with van der Waals surface area (Å²) < 4.78 is 23.5. The first-order valence-electron chi connectivity index (χ1n) is 11.1. The van der Waals surface area contributed by atoms with Crippen LogP contribution in [0.4, 0.5) is 0 Å². The highest BCUT2D eigenvalue weighted by Gasteiger charge is 2.46. The predicted molar refractivity (Wildman–Crippen MR) is 123 cm³/mol. The third kappa shape index (κ3) is 6.71. The molecule has 33 heavy (non-hydrogen) atoms. The van der Waals surface area contributed by atoms with Crippen molar-refractivity contribution in [1.82, 2.24) is 0 Å². The predicted octanol–water partition coefficient (Wildman–Crippen LogP) is 3.45. The molecule has 1 unspecified atom stereocenters. The SMILES string of the molecule is O[C@@H]1OC(COCc2ccccc2)[C@@H](O)[C@H](OCc2ccccc2)[C@@H]1OCc1ccccc1. The van der Waals surface area contributed by atoms with E-state index in [1.807, 2.05) is 91.0 Å². The van der Waals surface area contributed by atoms with Gasteiger partial charge in [-0.3, -0.25) is 0 Å². The highest BCUT2D eigenvalue weighted by Crippen LogP contribution is 2.27. The fraction of sp³-hybridized carbons (Fsp3) is 0.333. The molecule has 0 amide bonds. The number of aliphatic hydroxyl groups excluding tert-OH is 2. The summed E-state index contributed by atoms with van der Waals surface area (Å²) in [6.45, 7) is 1.04. The molecule has 0 radical (unpaired) electrons. The van der Waals surface area contributed by atoms with Crippen molar-refractivity contribution in [3.63, 3.8) is 0 Å². The highest BCUT2D eigenvalue weighted by atomic mass is 16.7. The molecule has 1 aliphatic heterocycles. The van der Waals surface area contributed by atoms with Crippen LogP contribution in [-0.2, 0) is 38.8 Å². The molecule has 0 spiro atoms. The maximum absolute atomic E-state index is 11.1. The van der Waals surface area contributed by atoms with E-state index in [0.717, 1.165) is 16.7 Å². The van der Waals surface area contributed by atoms with Gasteiger partial charge in [0.1, 0.15) is 24.4 Å². The van der Waals surface area contributed by atoms with Gasteiger partial charge < -0.3 is 29.2 Å². The molecule has 0 saturated carbocycles. The van der Waals surface area contributed by atoms with Crippen LogP contribution in [0.5, 0.6) is 0 Å². The molecular formula is C27H30O6. The average Bonchev–Trinajstić information content (AvgIpc) is 2.86. The van der Waals surface area contributed by atoms with Gasteiger partial charge in [0.15, 0.2) is 6.29 Å². The van der Waals surface area contributed by atoms with Crippen molar-refractivity contribution in [2.45, 2.75) is 50.5 Å². The first kappa shape index (κ1) is 23.6. The van der Waals surface area contributed by atoms with Gasteiger partial charge in [-0.05, 0) is 16.7 Å². The second kappa shape index (κ2) is 12.0. The van der Waals surface area contributed by atoms with Crippen molar-refractivity contribution in [1.29, 1.82) is 0 Å². The van der Waals surface area contributed by atoms with Crippen LogP contribution in [-0.4, -0.2) is 47.5 Å². The average molecular weight is 451 g/mol. The van der Waals surface area contributed by atoms with Crippen LogP contribution in [0.1, 0.15) is 16.7 Å². The van der Waals surface area contributed by atoms with E-state index in [1.165, 1.54) is 0 Å². The fourth-order valence-corrected chi connectivity index (χ4v) is 3.81. The standard InChI is InChI=1S/C27H30O6/c28-24-23(19-30-16-20-10-4-1-5-11-20)33-27(29)26(32-18-22-14-8-3-9-15-22)25(24)31-17-21-12-6-2-7-13-21/h1-15,23-29H,16-19H2/t23?,24-,25+,26+,27-/m1/s1. The summed E-state index contributed by atoms with van der Waals surface area (Å²) in [5.74, 6) is 0. The molecule has 174 valence electrons. The van der Waals surface area contributed by atoms with Crippen LogP contribution in [0.3, 0.4) is 0 Å². The normalized spacial score (nSPS) is 25.1. The number of aliphatic hydroxyl groups is 2. The Hall–Kier alpha value is -2.58. The first-order valence-corrected chi connectivity index (χ1v) is 11.1. The van der Waals surface area contributed by atoms with Crippen molar-refractivity contribution in [3.05, 3.63) is 108 Å². The molecule has 1 fully saturated rings. The third-order valence-corrected chi connectivity index (χ3v) is 5.60. The summed E-state index contributed by atoms with van der Waals surface area (Å²) in [4.78, 5) is 0. The third-order valence-electron chi connectivity index (χ3n) is 5.60. The van der Waals surface area contributed by atoms with Gasteiger partial charge in [0.25, 0.3) is 0 Å². The van der Waals surface area contributed by atoms with Gasteiger partial charge in [0.05, 0.1) is 26.4 Å². The molecule has 0 bridgehead atoms. The number of hydrogen-bond donors (Lipinski definition) is 2. The van der Waals surface area contributed by atoms with Crippen LogP contribution >= 0.6 is 0 Å².